The summed E-state index contributed by atoms with van der Waals surface area (Å²) in [6.45, 7) is 12.8. The summed E-state index contributed by atoms with van der Waals surface area (Å²) >= 11 is 0. The molecule has 96 valence electrons. The Morgan fingerprint density at radius 2 is 1.71 bits per heavy atom. The monoisotopic (exact) mass is 233 g/mol. The van der Waals surface area contributed by atoms with E-state index in [1.807, 2.05) is 26.2 Å². The summed E-state index contributed by atoms with van der Waals surface area (Å²) in [6, 6.07) is 2.10. The third-order valence-electron chi connectivity index (χ3n) is 1.82. The van der Waals surface area contributed by atoms with Crippen molar-refractivity contribution in [2.45, 2.75) is 54.4 Å². The third kappa shape index (κ3) is 8.67. The van der Waals surface area contributed by atoms with E-state index in [0.717, 1.165) is 0 Å². The molecule has 0 fully saturated rings. The van der Waals surface area contributed by atoms with Crippen LogP contribution in [0.1, 0.15) is 59.1 Å². The maximum Gasteiger partial charge on any atom is 0.0342 e. The predicted molar refractivity (Wildman–Crippen MR) is 78.1 cm³/mol. The van der Waals surface area contributed by atoms with Crippen molar-refractivity contribution in [3.63, 3.8) is 0 Å². The SMILES string of the molecule is C1=Cc2cnccc2CC1.CC.CC(C)(C)C. The molecule has 1 aliphatic carbocycles. The predicted octanol–water partition coefficient (Wildman–Crippen LogP) is 5.12. The lowest BCUT2D eigenvalue weighted by Gasteiger charge is -2.07. The van der Waals surface area contributed by atoms with Crippen molar-refractivity contribution in [3.05, 3.63) is 35.7 Å². The minimum atomic E-state index is 0.500. The first-order valence-corrected chi connectivity index (χ1v) is 6.56. The van der Waals surface area contributed by atoms with Gasteiger partial charge in [-0.2, -0.15) is 0 Å². The summed E-state index contributed by atoms with van der Waals surface area (Å²) in [6.07, 6.45) is 10.5. The molecule has 1 aromatic heterocycles. The molecule has 0 aliphatic heterocycles. The average Bonchev–Trinajstić information content (AvgIpc) is 2.30. The Balaban J connectivity index is 0.000000315. The highest BCUT2D eigenvalue weighted by atomic mass is 14.6. The lowest BCUT2D eigenvalue weighted by molar-refractivity contribution is 0.469. The van der Waals surface area contributed by atoms with Crippen LogP contribution >= 0.6 is 0 Å². The van der Waals surface area contributed by atoms with Gasteiger partial charge in [0.15, 0.2) is 0 Å². The number of fused-ring (bicyclic) bond motifs is 1. The van der Waals surface area contributed by atoms with Crippen LogP contribution in [0, 0.1) is 5.41 Å². The van der Waals surface area contributed by atoms with Crippen molar-refractivity contribution in [1.82, 2.24) is 4.98 Å². The first-order valence-electron chi connectivity index (χ1n) is 6.56. The number of hydrogen-bond donors (Lipinski definition) is 0. The molecule has 0 amide bonds. The highest BCUT2D eigenvalue weighted by Gasteiger charge is 2.01. The molecule has 1 nitrogen and oxygen atoms in total. The molecule has 0 saturated heterocycles. The normalized spacial score (nSPS) is 12.6. The molecule has 0 radical (unpaired) electrons. The van der Waals surface area contributed by atoms with Crippen LogP contribution in [0.2, 0.25) is 0 Å². The van der Waals surface area contributed by atoms with Crippen LogP contribution in [0.15, 0.2) is 24.5 Å². The van der Waals surface area contributed by atoms with Crippen LogP contribution in [0.5, 0.6) is 0 Å². The quantitative estimate of drug-likeness (QED) is 0.606. The molecule has 0 unspecified atom stereocenters. The van der Waals surface area contributed by atoms with E-state index in [1.54, 1.807) is 0 Å². The summed E-state index contributed by atoms with van der Waals surface area (Å²) < 4.78 is 0. The molecular formula is C16H27N. The Bertz CT molecular complexity index is 326. The second kappa shape index (κ2) is 8.05. The maximum absolute atomic E-state index is 4.05. The second-order valence-corrected chi connectivity index (χ2v) is 5.52. The summed E-state index contributed by atoms with van der Waals surface area (Å²) in [5.41, 5.74) is 3.21. The maximum atomic E-state index is 4.05. The van der Waals surface area contributed by atoms with Crippen LogP contribution in [0.3, 0.4) is 0 Å². The van der Waals surface area contributed by atoms with Gasteiger partial charge in [0.1, 0.15) is 0 Å². The van der Waals surface area contributed by atoms with Gasteiger partial charge in [-0.25, -0.2) is 0 Å². The van der Waals surface area contributed by atoms with E-state index in [9.17, 15) is 0 Å². The molecule has 0 aromatic carbocycles. The van der Waals surface area contributed by atoms with Crippen LogP contribution < -0.4 is 0 Å². The van der Waals surface area contributed by atoms with Gasteiger partial charge < -0.3 is 0 Å². The fraction of sp³-hybridized carbons (Fsp3) is 0.562. The third-order valence-corrected chi connectivity index (χ3v) is 1.82. The molecule has 1 heterocycles. The molecule has 0 bridgehead atoms. The van der Waals surface area contributed by atoms with E-state index in [4.69, 9.17) is 0 Å². The van der Waals surface area contributed by atoms with Crippen LogP contribution in [-0.4, -0.2) is 4.98 Å². The zero-order valence-corrected chi connectivity index (χ0v) is 12.2. The molecule has 1 aromatic rings. The van der Waals surface area contributed by atoms with Crippen LogP contribution in [0.4, 0.5) is 0 Å². The van der Waals surface area contributed by atoms with E-state index in [0.29, 0.717) is 5.41 Å². The van der Waals surface area contributed by atoms with Gasteiger partial charge in [0.2, 0.25) is 0 Å². The van der Waals surface area contributed by atoms with E-state index in [1.165, 1.54) is 24.0 Å². The fourth-order valence-electron chi connectivity index (χ4n) is 1.26. The number of aryl methyl sites for hydroxylation is 1. The Morgan fingerprint density at radius 1 is 1.12 bits per heavy atom. The van der Waals surface area contributed by atoms with E-state index in [-0.39, 0.29) is 0 Å². The molecule has 17 heavy (non-hydrogen) atoms. The molecular weight excluding hydrogens is 206 g/mol. The lowest BCUT2D eigenvalue weighted by Crippen LogP contribution is -1.93. The highest BCUT2D eigenvalue weighted by Crippen LogP contribution is 2.16. The van der Waals surface area contributed by atoms with Gasteiger partial charge in [-0.05, 0) is 35.4 Å². The van der Waals surface area contributed by atoms with Crippen molar-refractivity contribution in [2.75, 3.05) is 0 Å². The largest absolute Gasteiger partial charge is 0.264 e. The fourth-order valence-corrected chi connectivity index (χ4v) is 1.26. The van der Waals surface area contributed by atoms with Gasteiger partial charge in [-0.15, -0.1) is 0 Å². The average molecular weight is 233 g/mol. The van der Waals surface area contributed by atoms with Crippen molar-refractivity contribution in [1.29, 1.82) is 0 Å². The van der Waals surface area contributed by atoms with Gasteiger partial charge >= 0.3 is 0 Å². The van der Waals surface area contributed by atoms with E-state index >= 15 is 0 Å². The lowest BCUT2D eigenvalue weighted by atomic mass is 10.0. The molecule has 0 saturated carbocycles. The van der Waals surface area contributed by atoms with E-state index in [2.05, 4.69) is 50.9 Å². The van der Waals surface area contributed by atoms with Gasteiger partial charge in [0.05, 0.1) is 0 Å². The molecule has 0 N–H and O–H groups in total. The van der Waals surface area contributed by atoms with Gasteiger partial charge in [0, 0.05) is 12.4 Å². The van der Waals surface area contributed by atoms with Gasteiger partial charge in [0.25, 0.3) is 0 Å². The van der Waals surface area contributed by atoms with Gasteiger partial charge in [-0.1, -0.05) is 53.7 Å². The van der Waals surface area contributed by atoms with Crippen LogP contribution in [0.25, 0.3) is 6.08 Å². The Labute approximate surface area is 107 Å². The molecule has 2 rings (SSSR count). The number of pyridine rings is 1. The molecule has 1 aliphatic rings. The van der Waals surface area contributed by atoms with E-state index < -0.39 is 0 Å². The number of hydrogen-bond acceptors (Lipinski definition) is 1. The number of nitrogens with zero attached hydrogens (tertiary/aromatic N) is 1. The van der Waals surface area contributed by atoms with Crippen molar-refractivity contribution < 1.29 is 0 Å². The second-order valence-electron chi connectivity index (χ2n) is 5.52. The first-order chi connectivity index (χ1) is 7.97. The molecule has 0 spiro atoms. The van der Waals surface area contributed by atoms with Crippen molar-refractivity contribution in [2.24, 2.45) is 5.41 Å². The summed E-state index contributed by atoms with van der Waals surface area (Å²) in [7, 11) is 0. The van der Waals surface area contributed by atoms with Crippen LogP contribution in [-0.2, 0) is 6.42 Å². The van der Waals surface area contributed by atoms with Gasteiger partial charge in [-0.3, -0.25) is 4.98 Å². The number of rotatable bonds is 0. The first kappa shape index (κ1) is 15.9. The topological polar surface area (TPSA) is 12.9 Å². The molecule has 1 heteroatoms. The van der Waals surface area contributed by atoms with Crippen molar-refractivity contribution in [3.8, 4) is 0 Å². The number of allylic oxidation sites excluding steroid dienone is 1. The van der Waals surface area contributed by atoms with Crippen molar-refractivity contribution >= 4 is 6.08 Å². The Hall–Kier alpha value is -1.11. The molecule has 0 atom stereocenters. The minimum Gasteiger partial charge on any atom is -0.264 e. The number of aromatic nitrogens is 1. The standard InChI is InChI=1S/C9H9N.C5H12.C2H6/c1-2-4-9-7-10-6-5-8(9)3-1;1-5(2,3)4;1-2/h2,4-7H,1,3H2;1-4H3;1-2H3. The smallest absolute Gasteiger partial charge is 0.0342 e. The zero-order chi connectivity index (χ0) is 13.3. The highest BCUT2D eigenvalue weighted by molar-refractivity contribution is 5.54. The Morgan fingerprint density at radius 3 is 2.24 bits per heavy atom. The summed E-state index contributed by atoms with van der Waals surface area (Å²) in [5.74, 6) is 0. The summed E-state index contributed by atoms with van der Waals surface area (Å²) in [5, 5.41) is 0. The minimum absolute atomic E-state index is 0.500. The Kier molecular flexibility index (Phi) is 7.53. The summed E-state index contributed by atoms with van der Waals surface area (Å²) in [4.78, 5) is 4.05. The zero-order valence-electron chi connectivity index (χ0n) is 12.2.